The van der Waals surface area contributed by atoms with Crippen LogP contribution in [0.5, 0.6) is 0 Å². The van der Waals surface area contributed by atoms with Crippen LogP contribution in [0.4, 0.5) is 5.82 Å². The van der Waals surface area contributed by atoms with E-state index in [0.29, 0.717) is 12.1 Å². The maximum absolute atomic E-state index is 10.8. The van der Waals surface area contributed by atoms with Gasteiger partial charge in [-0.2, -0.15) is 0 Å². The first kappa shape index (κ1) is 13.0. The average molecular weight is 257 g/mol. The van der Waals surface area contributed by atoms with Gasteiger partial charge in [-0.25, -0.2) is 14.8 Å². The summed E-state index contributed by atoms with van der Waals surface area (Å²) < 4.78 is 0. The molecule has 0 unspecified atom stereocenters. The number of aromatic nitrogens is 2. The lowest BCUT2D eigenvalue weighted by atomic mass is 10.1. The number of carboxylic acid groups (broad SMARTS) is 1. The highest BCUT2D eigenvalue weighted by Crippen LogP contribution is 2.13. The van der Waals surface area contributed by atoms with Gasteiger partial charge in [-0.3, -0.25) is 0 Å². The topological polar surface area (TPSA) is 66.3 Å². The Hall–Kier alpha value is -2.43. The largest absolute Gasteiger partial charge is 0.478 e. The average Bonchev–Trinajstić information content (AvgIpc) is 2.39. The predicted molar refractivity (Wildman–Crippen MR) is 72.3 cm³/mol. The van der Waals surface area contributed by atoms with Gasteiger partial charge in [0.2, 0.25) is 0 Å². The van der Waals surface area contributed by atoms with Gasteiger partial charge in [-0.05, 0) is 24.6 Å². The number of aryl methyl sites for hydroxylation is 1. The molecule has 0 aliphatic heterocycles. The molecule has 1 aromatic heterocycles. The molecule has 19 heavy (non-hydrogen) atoms. The standard InChI is InChI=1S/C14H15N3O2/c1-10-7-13(16-9-15-10)17(2)8-11-3-5-12(6-4-11)14(18)19/h3-7,9H,8H2,1-2H3,(H,18,19). The van der Waals surface area contributed by atoms with Gasteiger partial charge in [0, 0.05) is 25.4 Å². The Morgan fingerprint density at radius 1 is 1.26 bits per heavy atom. The number of nitrogens with zero attached hydrogens (tertiary/aromatic N) is 3. The highest BCUT2D eigenvalue weighted by molar-refractivity contribution is 5.87. The van der Waals surface area contributed by atoms with Crippen LogP contribution in [-0.4, -0.2) is 28.1 Å². The van der Waals surface area contributed by atoms with Gasteiger partial charge in [0.15, 0.2) is 0 Å². The summed E-state index contributed by atoms with van der Waals surface area (Å²) in [5, 5.41) is 8.84. The second-order valence-electron chi connectivity index (χ2n) is 4.38. The Balaban J connectivity index is 2.10. The van der Waals surface area contributed by atoms with Crippen LogP contribution in [0.3, 0.4) is 0 Å². The lowest BCUT2D eigenvalue weighted by Crippen LogP contribution is -2.18. The van der Waals surface area contributed by atoms with Crippen molar-refractivity contribution in [1.82, 2.24) is 9.97 Å². The monoisotopic (exact) mass is 257 g/mol. The van der Waals surface area contributed by atoms with Crippen LogP contribution in [0.1, 0.15) is 21.6 Å². The van der Waals surface area contributed by atoms with Crippen LogP contribution in [0, 0.1) is 6.92 Å². The van der Waals surface area contributed by atoms with Gasteiger partial charge >= 0.3 is 5.97 Å². The Labute approximate surface area is 111 Å². The molecule has 2 rings (SSSR count). The molecule has 5 nitrogen and oxygen atoms in total. The van der Waals surface area contributed by atoms with E-state index in [1.54, 1.807) is 12.1 Å². The normalized spacial score (nSPS) is 10.2. The summed E-state index contributed by atoms with van der Waals surface area (Å²) in [6.45, 7) is 2.58. The minimum absolute atomic E-state index is 0.296. The fraction of sp³-hybridized carbons (Fsp3) is 0.214. The number of hydrogen-bond acceptors (Lipinski definition) is 4. The minimum Gasteiger partial charge on any atom is -0.478 e. The Bertz CT molecular complexity index is 581. The summed E-state index contributed by atoms with van der Waals surface area (Å²) in [6, 6.07) is 8.75. The Kier molecular flexibility index (Phi) is 3.75. The maximum Gasteiger partial charge on any atom is 0.335 e. The second kappa shape index (κ2) is 5.48. The van der Waals surface area contributed by atoms with Crippen LogP contribution in [0.25, 0.3) is 0 Å². The Morgan fingerprint density at radius 3 is 2.53 bits per heavy atom. The number of benzene rings is 1. The molecule has 0 atom stereocenters. The third-order valence-electron chi connectivity index (χ3n) is 2.80. The van der Waals surface area contributed by atoms with Crippen molar-refractivity contribution in [1.29, 1.82) is 0 Å². The molecule has 98 valence electrons. The molecule has 1 N–H and O–H groups in total. The van der Waals surface area contributed by atoms with Crippen molar-refractivity contribution in [2.45, 2.75) is 13.5 Å². The highest BCUT2D eigenvalue weighted by Gasteiger charge is 2.06. The molecule has 5 heteroatoms. The van der Waals surface area contributed by atoms with E-state index in [0.717, 1.165) is 17.1 Å². The van der Waals surface area contributed by atoms with Crippen molar-refractivity contribution in [3.05, 3.63) is 53.5 Å². The van der Waals surface area contributed by atoms with Crippen LogP contribution in [0.2, 0.25) is 0 Å². The minimum atomic E-state index is -0.911. The lowest BCUT2D eigenvalue weighted by Gasteiger charge is -2.18. The molecule has 0 bridgehead atoms. The molecule has 0 radical (unpaired) electrons. The Morgan fingerprint density at radius 2 is 1.95 bits per heavy atom. The van der Waals surface area contributed by atoms with Crippen LogP contribution in [0.15, 0.2) is 36.7 Å². The molecule has 0 spiro atoms. The van der Waals surface area contributed by atoms with Crippen molar-refractivity contribution in [2.24, 2.45) is 0 Å². The maximum atomic E-state index is 10.8. The third kappa shape index (κ3) is 3.28. The highest BCUT2D eigenvalue weighted by atomic mass is 16.4. The number of hydrogen-bond donors (Lipinski definition) is 1. The molecular weight excluding hydrogens is 242 g/mol. The third-order valence-corrected chi connectivity index (χ3v) is 2.80. The van der Waals surface area contributed by atoms with Crippen LogP contribution < -0.4 is 4.90 Å². The molecule has 0 aliphatic rings. The van der Waals surface area contributed by atoms with Gasteiger partial charge in [-0.15, -0.1) is 0 Å². The summed E-state index contributed by atoms with van der Waals surface area (Å²) in [4.78, 5) is 21.0. The molecule has 0 aliphatic carbocycles. The van der Waals surface area contributed by atoms with Crippen molar-refractivity contribution >= 4 is 11.8 Å². The SMILES string of the molecule is Cc1cc(N(C)Cc2ccc(C(=O)O)cc2)ncn1. The first-order valence-corrected chi connectivity index (χ1v) is 5.88. The molecule has 0 saturated carbocycles. The van der Waals surface area contributed by atoms with E-state index in [4.69, 9.17) is 5.11 Å². The van der Waals surface area contributed by atoms with Gasteiger partial charge in [-0.1, -0.05) is 12.1 Å². The number of aromatic carboxylic acids is 1. The van der Waals surface area contributed by atoms with Crippen LogP contribution in [-0.2, 0) is 6.54 Å². The van der Waals surface area contributed by atoms with E-state index in [1.165, 1.54) is 6.33 Å². The molecular formula is C14H15N3O2. The molecule has 2 aromatic rings. The fourth-order valence-electron chi connectivity index (χ4n) is 1.76. The number of rotatable bonds is 4. The quantitative estimate of drug-likeness (QED) is 0.908. The number of carboxylic acids is 1. The molecule has 0 amide bonds. The van der Waals surface area contributed by atoms with E-state index in [9.17, 15) is 4.79 Å². The van der Waals surface area contributed by atoms with Crippen molar-refractivity contribution in [3.63, 3.8) is 0 Å². The summed E-state index contributed by atoms with van der Waals surface area (Å²) in [6.07, 6.45) is 1.54. The smallest absolute Gasteiger partial charge is 0.335 e. The molecule has 0 fully saturated rings. The van der Waals surface area contributed by atoms with Crippen molar-refractivity contribution in [2.75, 3.05) is 11.9 Å². The lowest BCUT2D eigenvalue weighted by molar-refractivity contribution is 0.0697. The summed E-state index contributed by atoms with van der Waals surface area (Å²) in [5.74, 6) is -0.0684. The number of carbonyl (C=O) groups is 1. The van der Waals surface area contributed by atoms with Crippen molar-refractivity contribution < 1.29 is 9.90 Å². The molecule has 1 heterocycles. The zero-order valence-electron chi connectivity index (χ0n) is 10.9. The summed E-state index contributed by atoms with van der Waals surface area (Å²) in [7, 11) is 1.94. The van der Waals surface area contributed by atoms with E-state index in [-0.39, 0.29) is 0 Å². The summed E-state index contributed by atoms with van der Waals surface area (Å²) in [5.41, 5.74) is 2.24. The summed E-state index contributed by atoms with van der Waals surface area (Å²) >= 11 is 0. The van der Waals surface area contributed by atoms with E-state index < -0.39 is 5.97 Å². The van der Waals surface area contributed by atoms with Gasteiger partial charge in [0.1, 0.15) is 12.1 Å². The van der Waals surface area contributed by atoms with Gasteiger partial charge < -0.3 is 10.0 Å². The first-order chi connectivity index (χ1) is 9.06. The van der Waals surface area contributed by atoms with E-state index >= 15 is 0 Å². The van der Waals surface area contributed by atoms with E-state index in [1.807, 2.05) is 37.1 Å². The first-order valence-electron chi connectivity index (χ1n) is 5.88. The van der Waals surface area contributed by atoms with Crippen molar-refractivity contribution in [3.8, 4) is 0 Å². The number of anilines is 1. The fourth-order valence-corrected chi connectivity index (χ4v) is 1.76. The zero-order chi connectivity index (χ0) is 13.8. The van der Waals surface area contributed by atoms with Gasteiger partial charge in [0.05, 0.1) is 5.56 Å². The van der Waals surface area contributed by atoms with E-state index in [2.05, 4.69) is 9.97 Å². The molecule has 0 saturated heterocycles. The molecule has 1 aromatic carbocycles. The van der Waals surface area contributed by atoms with Crippen LogP contribution >= 0.6 is 0 Å². The predicted octanol–water partition coefficient (Wildman–Crippen LogP) is 2.12. The van der Waals surface area contributed by atoms with Gasteiger partial charge in [0.25, 0.3) is 0 Å². The zero-order valence-corrected chi connectivity index (χ0v) is 10.9. The second-order valence-corrected chi connectivity index (χ2v) is 4.38.